The number of phenols is 1. The summed E-state index contributed by atoms with van der Waals surface area (Å²) in [7, 11) is 0. The number of para-hydroxylation sites is 1. The van der Waals surface area contributed by atoms with Crippen LogP contribution in [0.5, 0.6) is 11.5 Å². The van der Waals surface area contributed by atoms with Gasteiger partial charge in [0, 0.05) is 6.07 Å². The molecule has 11 nitrogen and oxygen atoms in total. The predicted molar refractivity (Wildman–Crippen MR) is 131 cm³/mol. The summed E-state index contributed by atoms with van der Waals surface area (Å²) in [6.45, 7) is 4.57. The standard InChI is InChI=1S/C26H25N3O8/c1-11-23-28-17-7-5-4-6-14(17)25(34)29(23)18-10-20(32)21(9-15(18)24(33)27-11)37-22(12(2)30)16-8-19(31)13(3)36-26(16)35/h4-13,19,22,30-32H,1-3H3,(H,27,33)/t11-,12-,13+,19-,22-/m0/s1. The van der Waals surface area contributed by atoms with Crippen LogP contribution in [0, 0.1) is 0 Å². The van der Waals surface area contributed by atoms with Crippen LogP contribution in [0.3, 0.4) is 0 Å². The first-order chi connectivity index (χ1) is 17.6. The highest BCUT2D eigenvalue weighted by atomic mass is 16.6. The van der Waals surface area contributed by atoms with Crippen molar-refractivity contribution in [3.8, 4) is 17.2 Å². The van der Waals surface area contributed by atoms with Crippen molar-refractivity contribution in [2.24, 2.45) is 0 Å². The number of aliphatic hydroxyl groups is 2. The van der Waals surface area contributed by atoms with Crippen molar-refractivity contribution in [2.45, 2.75) is 51.2 Å². The molecule has 0 fully saturated rings. The number of rotatable bonds is 4. The lowest BCUT2D eigenvalue weighted by atomic mass is 9.99. The number of aliphatic hydroxyl groups excluding tert-OH is 2. The van der Waals surface area contributed by atoms with Crippen molar-refractivity contribution >= 4 is 22.8 Å². The molecule has 0 radical (unpaired) electrons. The number of benzene rings is 2. The number of hydrogen-bond donors (Lipinski definition) is 4. The molecule has 0 aliphatic carbocycles. The van der Waals surface area contributed by atoms with Gasteiger partial charge in [0.15, 0.2) is 17.6 Å². The number of nitrogens with one attached hydrogen (secondary N) is 1. The number of esters is 1. The van der Waals surface area contributed by atoms with Gasteiger partial charge >= 0.3 is 5.97 Å². The number of cyclic esters (lactones) is 1. The zero-order valence-corrected chi connectivity index (χ0v) is 20.2. The Balaban J connectivity index is 1.64. The molecule has 2 aromatic carbocycles. The molecular weight excluding hydrogens is 482 g/mol. The van der Waals surface area contributed by atoms with Crippen LogP contribution in [0.2, 0.25) is 0 Å². The van der Waals surface area contributed by atoms with E-state index >= 15 is 0 Å². The molecule has 0 saturated carbocycles. The fraction of sp³-hybridized carbons (Fsp3) is 0.308. The molecule has 2 aliphatic rings. The van der Waals surface area contributed by atoms with E-state index in [0.717, 1.165) is 0 Å². The Morgan fingerprint density at radius 2 is 1.89 bits per heavy atom. The van der Waals surface area contributed by atoms with Crippen LogP contribution in [0.15, 0.2) is 52.8 Å². The molecule has 5 atom stereocenters. The topological polar surface area (TPSA) is 160 Å². The summed E-state index contributed by atoms with van der Waals surface area (Å²) in [6.07, 6.45) is -3.25. The number of aromatic hydroxyl groups is 1. The van der Waals surface area contributed by atoms with Gasteiger partial charge in [-0.15, -0.1) is 0 Å². The van der Waals surface area contributed by atoms with Crippen LogP contribution in [-0.4, -0.2) is 61.2 Å². The van der Waals surface area contributed by atoms with Crippen molar-refractivity contribution in [1.29, 1.82) is 0 Å². The van der Waals surface area contributed by atoms with Gasteiger partial charge in [0.25, 0.3) is 11.5 Å². The lowest BCUT2D eigenvalue weighted by Crippen LogP contribution is -2.42. The Hall–Kier alpha value is -4.22. The fourth-order valence-electron chi connectivity index (χ4n) is 4.49. The first-order valence-electron chi connectivity index (χ1n) is 11.7. The summed E-state index contributed by atoms with van der Waals surface area (Å²) in [6, 6.07) is 8.57. The lowest BCUT2D eigenvalue weighted by molar-refractivity contribution is -0.151. The van der Waals surface area contributed by atoms with E-state index in [2.05, 4.69) is 10.3 Å². The number of carbonyl (C=O) groups is 2. The highest BCUT2D eigenvalue weighted by Gasteiger charge is 2.36. The second-order valence-electron chi connectivity index (χ2n) is 9.16. The van der Waals surface area contributed by atoms with Crippen molar-refractivity contribution in [2.75, 3.05) is 0 Å². The molecule has 2 aliphatic heterocycles. The summed E-state index contributed by atoms with van der Waals surface area (Å²) in [4.78, 5) is 43.6. The molecule has 192 valence electrons. The number of phenolic OH excluding ortho intramolecular Hbond substituents is 1. The third kappa shape index (κ3) is 4.11. The molecule has 0 unspecified atom stereocenters. The third-order valence-electron chi connectivity index (χ3n) is 6.46. The minimum Gasteiger partial charge on any atom is -0.504 e. The van der Waals surface area contributed by atoms with Crippen LogP contribution in [0.4, 0.5) is 0 Å². The Bertz CT molecular complexity index is 1530. The number of fused-ring (bicyclic) bond motifs is 4. The Labute approximate surface area is 210 Å². The van der Waals surface area contributed by atoms with Gasteiger partial charge in [0.2, 0.25) is 0 Å². The van der Waals surface area contributed by atoms with E-state index in [4.69, 9.17) is 9.47 Å². The van der Waals surface area contributed by atoms with Crippen LogP contribution in [0.1, 0.15) is 43.0 Å². The summed E-state index contributed by atoms with van der Waals surface area (Å²) >= 11 is 0. The molecular formula is C26H25N3O8. The Kier molecular flexibility index (Phi) is 5.97. The molecule has 3 heterocycles. The summed E-state index contributed by atoms with van der Waals surface area (Å²) in [5, 5.41) is 34.5. The molecule has 37 heavy (non-hydrogen) atoms. The maximum Gasteiger partial charge on any atom is 0.338 e. The molecule has 4 N–H and O–H groups in total. The number of ether oxygens (including phenoxy) is 2. The molecule has 5 rings (SSSR count). The number of carbonyl (C=O) groups excluding carboxylic acids is 2. The fourth-order valence-corrected chi connectivity index (χ4v) is 4.49. The van der Waals surface area contributed by atoms with E-state index in [-0.39, 0.29) is 28.4 Å². The normalized spacial score (nSPS) is 22.6. The Morgan fingerprint density at radius 1 is 1.16 bits per heavy atom. The van der Waals surface area contributed by atoms with E-state index in [0.29, 0.717) is 10.9 Å². The second kappa shape index (κ2) is 9.02. The Morgan fingerprint density at radius 3 is 2.62 bits per heavy atom. The largest absolute Gasteiger partial charge is 0.504 e. The molecule has 11 heteroatoms. The van der Waals surface area contributed by atoms with Crippen molar-refractivity contribution in [3.63, 3.8) is 0 Å². The van der Waals surface area contributed by atoms with E-state index in [1.807, 2.05) is 0 Å². The van der Waals surface area contributed by atoms with Gasteiger partial charge in [-0.3, -0.25) is 14.2 Å². The third-order valence-corrected chi connectivity index (χ3v) is 6.46. The van der Waals surface area contributed by atoms with E-state index < -0.39 is 53.6 Å². The van der Waals surface area contributed by atoms with Gasteiger partial charge < -0.3 is 30.1 Å². The first-order valence-corrected chi connectivity index (χ1v) is 11.7. The zero-order chi connectivity index (χ0) is 26.6. The highest BCUT2D eigenvalue weighted by Crippen LogP contribution is 2.36. The highest BCUT2D eigenvalue weighted by molar-refractivity contribution is 5.99. The van der Waals surface area contributed by atoms with Gasteiger partial charge in [0.1, 0.15) is 18.0 Å². The predicted octanol–water partition coefficient (Wildman–Crippen LogP) is 1.26. The van der Waals surface area contributed by atoms with E-state index in [9.17, 15) is 29.7 Å². The number of nitrogens with zero attached hydrogens (tertiary/aromatic N) is 2. The van der Waals surface area contributed by atoms with Gasteiger partial charge in [0.05, 0.1) is 39.9 Å². The number of amides is 1. The molecule has 0 spiro atoms. The molecule has 3 aromatic rings. The number of hydrogen-bond acceptors (Lipinski definition) is 9. The average Bonchev–Trinajstić information content (AvgIpc) is 2.94. The quantitative estimate of drug-likeness (QED) is 0.381. The van der Waals surface area contributed by atoms with Crippen LogP contribution in [-0.2, 0) is 9.53 Å². The van der Waals surface area contributed by atoms with Crippen molar-refractivity contribution in [3.05, 3.63) is 69.8 Å². The van der Waals surface area contributed by atoms with Crippen LogP contribution in [0.25, 0.3) is 16.6 Å². The summed E-state index contributed by atoms with van der Waals surface area (Å²) in [5.74, 6) is -1.72. The van der Waals surface area contributed by atoms with Gasteiger partial charge in [-0.1, -0.05) is 12.1 Å². The van der Waals surface area contributed by atoms with E-state index in [1.54, 1.807) is 31.2 Å². The number of aromatic nitrogens is 2. The van der Waals surface area contributed by atoms with Crippen molar-refractivity contribution < 1.29 is 34.4 Å². The second-order valence-corrected chi connectivity index (χ2v) is 9.16. The summed E-state index contributed by atoms with van der Waals surface area (Å²) < 4.78 is 12.2. The monoisotopic (exact) mass is 507 g/mol. The van der Waals surface area contributed by atoms with E-state index in [1.165, 1.54) is 36.6 Å². The maximum absolute atomic E-state index is 13.5. The maximum atomic E-state index is 13.5. The zero-order valence-electron chi connectivity index (χ0n) is 20.2. The average molecular weight is 507 g/mol. The van der Waals surface area contributed by atoms with Gasteiger partial charge in [-0.25, -0.2) is 9.78 Å². The van der Waals surface area contributed by atoms with Gasteiger partial charge in [-0.2, -0.15) is 0 Å². The minimum atomic E-state index is -1.33. The van der Waals surface area contributed by atoms with Gasteiger partial charge in [-0.05, 0) is 45.0 Å². The molecule has 0 bridgehead atoms. The van der Waals surface area contributed by atoms with Crippen LogP contribution < -0.4 is 15.6 Å². The lowest BCUT2D eigenvalue weighted by Gasteiger charge is -2.30. The minimum absolute atomic E-state index is 0.00998. The summed E-state index contributed by atoms with van der Waals surface area (Å²) in [5.41, 5.74) is 0.0230. The molecule has 1 amide bonds. The molecule has 1 aromatic heterocycles. The molecule has 0 saturated heterocycles. The van der Waals surface area contributed by atoms with Crippen molar-refractivity contribution in [1.82, 2.24) is 14.9 Å². The smallest absolute Gasteiger partial charge is 0.338 e. The van der Waals surface area contributed by atoms with Crippen LogP contribution >= 0.6 is 0 Å². The first kappa shape index (κ1) is 24.5. The SMILES string of the molecule is C[C@@H]1NC(=O)c2cc(O[C@H](C3=C[C@H](O)[C@@H](C)OC3=O)[C@H](C)O)c(O)cc2-n2c1nc1ccccc1c2=O.